The molecular weight excluding hydrogens is 174 g/mol. The molecule has 0 aromatic carbocycles. The first-order valence-corrected chi connectivity index (χ1v) is 5.73. The molecule has 2 saturated carbocycles. The summed E-state index contributed by atoms with van der Waals surface area (Å²) in [6.07, 6.45) is 8.28. The number of hydrogen-bond donors (Lipinski definition) is 1. The Morgan fingerprint density at radius 3 is 3.14 bits per heavy atom. The second-order valence-electron chi connectivity index (χ2n) is 5.15. The molecule has 3 aliphatic rings. The molecule has 0 aromatic heterocycles. The highest BCUT2D eigenvalue weighted by atomic mass is 16.1. The maximum Gasteiger partial charge on any atom is 0.244 e. The molecule has 1 spiro atoms. The van der Waals surface area contributed by atoms with Gasteiger partial charge >= 0.3 is 0 Å². The van der Waals surface area contributed by atoms with Gasteiger partial charge in [0.1, 0.15) is 0 Å². The Labute approximate surface area is 84.8 Å². The van der Waals surface area contributed by atoms with Crippen molar-refractivity contribution < 1.29 is 4.79 Å². The van der Waals surface area contributed by atoms with Crippen LogP contribution in [0.1, 0.15) is 39.0 Å². The standard InChI is InChI=1S/C12H17NO/c1-8-6-11(14)13-12-5-3-2-4-9(12)7-10(8)12/h6,9-10H,2-5,7H2,1H3,(H,13,14). The Bertz CT molecular complexity index is 320. The number of amides is 1. The highest BCUT2D eigenvalue weighted by Gasteiger charge is 2.57. The van der Waals surface area contributed by atoms with Crippen molar-refractivity contribution in [2.45, 2.75) is 44.6 Å². The molecule has 3 atom stereocenters. The fourth-order valence-electron chi connectivity index (χ4n) is 3.81. The van der Waals surface area contributed by atoms with Gasteiger partial charge in [-0.1, -0.05) is 18.4 Å². The van der Waals surface area contributed by atoms with Gasteiger partial charge in [0.05, 0.1) is 0 Å². The maximum absolute atomic E-state index is 11.5. The molecule has 1 heterocycles. The van der Waals surface area contributed by atoms with E-state index >= 15 is 0 Å². The lowest BCUT2D eigenvalue weighted by Crippen LogP contribution is -2.69. The molecule has 14 heavy (non-hydrogen) atoms. The summed E-state index contributed by atoms with van der Waals surface area (Å²) in [4.78, 5) is 11.5. The fraction of sp³-hybridized carbons (Fsp3) is 0.750. The summed E-state index contributed by atoms with van der Waals surface area (Å²) in [5.41, 5.74) is 1.50. The Balaban J connectivity index is 1.96. The molecule has 0 saturated heterocycles. The minimum Gasteiger partial charge on any atom is -0.346 e. The molecule has 0 bridgehead atoms. The number of nitrogens with one attached hydrogen (secondary N) is 1. The van der Waals surface area contributed by atoms with Crippen molar-refractivity contribution in [2.24, 2.45) is 11.8 Å². The van der Waals surface area contributed by atoms with E-state index in [2.05, 4.69) is 12.2 Å². The van der Waals surface area contributed by atoms with E-state index in [1.807, 2.05) is 0 Å². The first kappa shape index (κ1) is 8.51. The molecule has 0 radical (unpaired) electrons. The average molecular weight is 191 g/mol. The van der Waals surface area contributed by atoms with Gasteiger partial charge in [0, 0.05) is 17.5 Å². The number of rotatable bonds is 0. The summed E-state index contributed by atoms with van der Waals surface area (Å²) in [7, 11) is 0. The van der Waals surface area contributed by atoms with Crippen LogP contribution in [0.3, 0.4) is 0 Å². The molecule has 2 heteroatoms. The first-order chi connectivity index (χ1) is 6.72. The van der Waals surface area contributed by atoms with Crippen LogP contribution in [0, 0.1) is 11.8 Å². The SMILES string of the molecule is CC1=CC(=O)NC23CCCCC2CC13. The number of carbonyl (C=O) groups is 1. The van der Waals surface area contributed by atoms with E-state index in [0.717, 1.165) is 5.92 Å². The molecule has 2 nitrogen and oxygen atoms in total. The van der Waals surface area contributed by atoms with Crippen molar-refractivity contribution in [2.75, 3.05) is 0 Å². The van der Waals surface area contributed by atoms with E-state index in [9.17, 15) is 4.79 Å². The fourth-order valence-corrected chi connectivity index (χ4v) is 3.81. The van der Waals surface area contributed by atoms with Crippen LogP contribution in [-0.2, 0) is 4.79 Å². The molecule has 1 aliphatic heterocycles. The van der Waals surface area contributed by atoms with E-state index in [-0.39, 0.29) is 11.4 Å². The summed E-state index contributed by atoms with van der Waals surface area (Å²) in [6.45, 7) is 2.12. The largest absolute Gasteiger partial charge is 0.346 e. The summed E-state index contributed by atoms with van der Waals surface area (Å²) in [6, 6.07) is 0. The van der Waals surface area contributed by atoms with Gasteiger partial charge in [-0.05, 0) is 32.1 Å². The van der Waals surface area contributed by atoms with Crippen LogP contribution < -0.4 is 5.32 Å². The average Bonchev–Trinajstić information content (AvgIpc) is 2.08. The Morgan fingerprint density at radius 1 is 1.50 bits per heavy atom. The number of hydrogen-bond acceptors (Lipinski definition) is 1. The third-order valence-corrected chi connectivity index (χ3v) is 4.53. The van der Waals surface area contributed by atoms with Gasteiger partial charge in [-0.2, -0.15) is 0 Å². The maximum atomic E-state index is 11.5. The summed E-state index contributed by atoms with van der Waals surface area (Å²) >= 11 is 0. The van der Waals surface area contributed by atoms with Crippen LogP contribution in [-0.4, -0.2) is 11.4 Å². The predicted molar refractivity (Wildman–Crippen MR) is 54.7 cm³/mol. The van der Waals surface area contributed by atoms with E-state index in [1.54, 1.807) is 6.08 Å². The summed E-state index contributed by atoms with van der Waals surface area (Å²) in [5, 5.41) is 3.25. The minimum absolute atomic E-state index is 0.144. The lowest BCUT2D eigenvalue weighted by Gasteiger charge is -2.61. The van der Waals surface area contributed by atoms with Crippen molar-refractivity contribution in [1.82, 2.24) is 5.32 Å². The van der Waals surface area contributed by atoms with Crippen molar-refractivity contribution in [3.05, 3.63) is 11.6 Å². The van der Waals surface area contributed by atoms with E-state index < -0.39 is 0 Å². The van der Waals surface area contributed by atoms with Gasteiger partial charge in [0.15, 0.2) is 0 Å². The monoisotopic (exact) mass is 191 g/mol. The van der Waals surface area contributed by atoms with E-state index in [4.69, 9.17) is 0 Å². The second-order valence-corrected chi connectivity index (χ2v) is 5.15. The lowest BCUT2D eigenvalue weighted by molar-refractivity contribution is -0.126. The highest BCUT2D eigenvalue weighted by molar-refractivity contribution is 5.90. The van der Waals surface area contributed by atoms with Crippen LogP contribution in [0.5, 0.6) is 0 Å². The molecule has 3 unspecified atom stereocenters. The van der Waals surface area contributed by atoms with Crippen LogP contribution in [0.25, 0.3) is 0 Å². The number of carbonyl (C=O) groups excluding carboxylic acids is 1. The highest BCUT2D eigenvalue weighted by Crippen LogP contribution is 2.56. The zero-order valence-corrected chi connectivity index (χ0v) is 8.68. The van der Waals surface area contributed by atoms with Crippen LogP contribution >= 0.6 is 0 Å². The molecule has 2 fully saturated rings. The molecule has 76 valence electrons. The topological polar surface area (TPSA) is 29.1 Å². The third kappa shape index (κ3) is 0.891. The second kappa shape index (κ2) is 2.62. The summed E-state index contributed by atoms with van der Waals surface area (Å²) < 4.78 is 0. The zero-order valence-electron chi connectivity index (χ0n) is 8.68. The smallest absolute Gasteiger partial charge is 0.244 e. The molecule has 0 aromatic rings. The van der Waals surface area contributed by atoms with Gasteiger partial charge in [-0.15, -0.1) is 0 Å². The molecular formula is C12H17NO. The third-order valence-electron chi connectivity index (χ3n) is 4.53. The molecule has 2 aliphatic carbocycles. The first-order valence-electron chi connectivity index (χ1n) is 5.73. The van der Waals surface area contributed by atoms with Gasteiger partial charge in [-0.3, -0.25) is 4.79 Å². The van der Waals surface area contributed by atoms with Crippen molar-refractivity contribution in [3.63, 3.8) is 0 Å². The Kier molecular flexibility index (Phi) is 1.59. The molecule has 1 N–H and O–H groups in total. The van der Waals surface area contributed by atoms with Crippen molar-refractivity contribution >= 4 is 5.91 Å². The van der Waals surface area contributed by atoms with Gasteiger partial charge in [0.25, 0.3) is 0 Å². The van der Waals surface area contributed by atoms with E-state index in [1.165, 1.54) is 37.7 Å². The normalized spacial score (nSPS) is 45.5. The minimum atomic E-state index is 0.144. The van der Waals surface area contributed by atoms with E-state index in [0.29, 0.717) is 5.92 Å². The zero-order chi connectivity index (χ0) is 9.76. The van der Waals surface area contributed by atoms with Crippen molar-refractivity contribution in [3.8, 4) is 0 Å². The Morgan fingerprint density at radius 2 is 2.36 bits per heavy atom. The molecule has 1 amide bonds. The van der Waals surface area contributed by atoms with Gasteiger partial charge in [-0.25, -0.2) is 0 Å². The lowest BCUT2D eigenvalue weighted by atomic mass is 9.50. The quantitative estimate of drug-likeness (QED) is 0.623. The Hall–Kier alpha value is -0.790. The summed E-state index contributed by atoms with van der Waals surface area (Å²) in [5.74, 6) is 1.57. The van der Waals surface area contributed by atoms with Gasteiger partial charge < -0.3 is 5.32 Å². The molecule has 3 rings (SSSR count). The van der Waals surface area contributed by atoms with Crippen LogP contribution in [0.15, 0.2) is 11.6 Å². The van der Waals surface area contributed by atoms with Gasteiger partial charge in [0.2, 0.25) is 5.91 Å². The van der Waals surface area contributed by atoms with Crippen LogP contribution in [0.4, 0.5) is 0 Å². The van der Waals surface area contributed by atoms with Crippen molar-refractivity contribution in [1.29, 1.82) is 0 Å². The van der Waals surface area contributed by atoms with Crippen LogP contribution in [0.2, 0.25) is 0 Å². The predicted octanol–water partition coefficient (Wildman–Crippen LogP) is 2.01.